The fraction of sp³-hybridized carbons (Fsp3) is 0.375. The molecule has 1 amide bonds. The third-order valence-corrected chi connectivity index (χ3v) is 5.43. The van der Waals surface area contributed by atoms with Gasteiger partial charge in [0.15, 0.2) is 5.69 Å². The smallest absolute Gasteiger partial charge is 0.276 e. The number of hydrogen-bond acceptors (Lipinski definition) is 7. The number of hydrogen-bond donors (Lipinski definition) is 1. The van der Waals surface area contributed by atoms with Crippen molar-refractivity contribution in [2.45, 2.75) is 13.8 Å². The van der Waals surface area contributed by atoms with E-state index >= 15 is 0 Å². The van der Waals surface area contributed by atoms with Crippen LogP contribution in [0.3, 0.4) is 0 Å². The Balaban J connectivity index is 1.75. The second-order valence-electron chi connectivity index (χ2n) is 7.56. The highest BCUT2D eigenvalue weighted by molar-refractivity contribution is 6.11. The van der Waals surface area contributed by atoms with Gasteiger partial charge >= 0.3 is 0 Å². The molecule has 1 aromatic heterocycles. The summed E-state index contributed by atoms with van der Waals surface area (Å²) in [6.07, 6.45) is 0. The van der Waals surface area contributed by atoms with E-state index in [0.717, 1.165) is 18.8 Å². The van der Waals surface area contributed by atoms with Gasteiger partial charge in [0.25, 0.3) is 11.5 Å². The molecular weight excluding hydrogens is 424 g/mol. The molecule has 3 aromatic rings. The summed E-state index contributed by atoms with van der Waals surface area (Å²) in [5.74, 6) is 0.741. The average molecular weight is 453 g/mol. The van der Waals surface area contributed by atoms with Crippen molar-refractivity contribution in [3.05, 3.63) is 52.4 Å². The molecule has 1 aliphatic heterocycles. The lowest BCUT2D eigenvalue weighted by Crippen LogP contribution is -2.36. The first-order valence-electron chi connectivity index (χ1n) is 11.1. The zero-order valence-electron chi connectivity index (χ0n) is 19.1. The van der Waals surface area contributed by atoms with Crippen LogP contribution >= 0.6 is 0 Å². The molecule has 0 bridgehead atoms. The summed E-state index contributed by atoms with van der Waals surface area (Å²) >= 11 is 0. The summed E-state index contributed by atoms with van der Waals surface area (Å²) in [4.78, 5) is 27.9. The molecule has 1 saturated heterocycles. The molecule has 33 heavy (non-hydrogen) atoms. The zero-order chi connectivity index (χ0) is 23.4. The van der Waals surface area contributed by atoms with Crippen molar-refractivity contribution in [3.8, 4) is 11.5 Å². The number of carbonyl (C=O) groups is 1. The average Bonchev–Trinajstić information content (AvgIpc) is 2.83. The number of fused-ring (bicyclic) bond motifs is 1. The van der Waals surface area contributed by atoms with Gasteiger partial charge in [-0.05, 0) is 19.9 Å². The van der Waals surface area contributed by atoms with E-state index in [4.69, 9.17) is 14.2 Å². The molecule has 0 atom stereocenters. The van der Waals surface area contributed by atoms with Gasteiger partial charge < -0.3 is 24.4 Å². The van der Waals surface area contributed by atoms with Gasteiger partial charge in [-0.1, -0.05) is 18.2 Å². The van der Waals surface area contributed by atoms with Crippen LogP contribution in [0.2, 0.25) is 0 Å². The summed E-state index contributed by atoms with van der Waals surface area (Å²) in [5.41, 5.74) is 1.27. The normalized spacial score (nSPS) is 13.7. The minimum Gasteiger partial charge on any atom is -0.492 e. The molecular formula is C24H28N4O5. The Kier molecular flexibility index (Phi) is 6.79. The van der Waals surface area contributed by atoms with Gasteiger partial charge in [-0.25, -0.2) is 4.68 Å². The van der Waals surface area contributed by atoms with Crippen LogP contribution in [-0.2, 0) is 11.8 Å². The molecule has 0 spiro atoms. The first-order valence-corrected chi connectivity index (χ1v) is 11.1. The van der Waals surface area contributed by atoms with Crippen molar-refractivity contribution in [2.24, 2.45) is 7.05 Å². The third kappa shape index (κ3) is 4.63. The predicted molar refractivity (Wildman–Crippen MR) is 127 cm³/mol. The Morgan fingerprint density at radius 1 is 1.06 bits per heavy atom. The van der Waals surface area contributed by atoms with Crippen molar-refractivity contribution >= 4 is 28.1 Å². The quantitative estimate of drug-likeness (QED) is 0.589. The molecule has 1 N–H and O–H groups in total. The highest BCUT2D eigenvalue weighted by Gasteiger charge is 2.22. The lowest BCUT2D eigenvalue weighted by atomic mass is 10.1. The molecule has 1 fully saturated rings. The highest BCUT2D eigenvalue weighted by Crippen LogP contribution is 2.39. The number of benzene rings is 2. The Labute approximate surface area is 191 Å². The number of aryl methyl sites for hydroxylation is 1. The summed E-state index contributed by atoms with van der Waals surface area (Å²) in [7, 11) is 1.53. The van der Waals surface area contributed by atoms with Crippen LogP contribution in [0.4, 0.5) is 11.4 Å². The lowest BCUT2D eigenvalue weighted by Gasteiger charge is -2.31. The van der Waals surface area contributed by atoms with Gasteiger partial charge in [0.2, 0.25) is 0 Å². The first kappa shape index (κ1) is 22.6. The van der Waals surface area contributed by atoms with Crippen LogP contribution in [0.1, 0.15) is 24.3 Å². The van der Waals surface area contributed by atoms with E-state index in [2.05, 4.69) is 15.3 Å². The second-order valence-corrected chi connectivity index (χ2v) is 7.56. The van der Waals surface area contributed by atoms with Crippen LogP contribution in [0.15, 0.2) is 41.2 Å². The number of rotatable bonds is 7. The Bertz CT molecular complexity index is 1220. The monoisotopic (exact) mass is 452 g/mol. The number of anilines is 2. The van der Waals surface area contributed by atoms with Gasteiger partial charge in [-0.15, -0.1) is 0 Å². The van der Waals surface area contributed by atoms with Crippen molar-refractivity contribution in [2.75, 3.05) is 49.7 Å². The number of aromatic nitrogens is 2. The number of nitrogens with one attached hydrogen (secondary N) is 1. The van der Waals surface area contributed by atoms with Gasteiger partial charge in [0.1, 0.15) is 11.5 Å². The summed E-state index contributed by atoms with van der Waals surface area (Å²) < 4.78 is 18.4. The molecule has 2 heterocycles. The van der Waals surface area contributed by atoms with E-state index in [1.54, 1.807) is 30.3 Å². The molecule has 0 aliphatic carbocycles. The number of nitrogens with zero attached hydrogens (tertiary/aromatic N) is 3. The van der Waals surface area contributed by atoms with Crippen molar-refractivity contribution in [1.82, 2.24) is 9.78 Å². The minimum atomic E-state index is -0.440. The number of morpholine rings is 1. The van der Waals surface area contributed by atoms with E-state index < -0.39 is 5.91 Å². The van der Waals surface area contributed by atoms with Crippen LogP contribution in [-0.4, -0.2) is 55.2 Å². The van der Waals surface area contributed by atoms with Crippen LogP contribution in [0, 0.1) is 0 Å². The van der Waals surface area contributed by atoms with Crippen LogP contribution < -0.4 is 25.2 Å². The van der Waals surface area contributed by atoms with Crippen LogP contribution in [0.5, 0.6) is 11.5 Å². The summed E-state index contributed by atoms with van der Waals surface area (Å²) in [6, 6.07) is 10.6. The van der Waals surface area contributed by atoms with Gasteiger partial charge in [-0.3, -0.25) is 9.59 Å². The molecule has 9 nitrogen and oxygen atoms in total. The van der Waals surface area contributed by atoms with Gasteiger partial charge in [-0.2, -0.15) is 5.10 Å². The molecule has 1 aliphatic rings. The molecule has 0 saturated carbocycles. The van der Waals surface area contributed by atoms with E-state index in [-0.39, 0.29) is 11.3 Å². The lowest BCUT2D eigenvalue weighted by molar-refractivity contribution is 0.102. The number of ether oxygens (including phenoxy) is 3. The molecule has 0 radical (unpaired) electrons. The van der Waals surface area contributed by atoms with E-state index in [1.165, 1.54) is 11.7 Å². The Morgan fingerprint density at radius 2 is 1.73 bits per heavy atom. The van der Waals surface area contributed by atoms with Gasteiger partial charge in [0, 0.05) is 37.7 Å². The number of carbonyl (C=O) groups excluding carboxylic acids is 1. The molecule has 4 rings (SSSR count). The standard InChI is InChI=1S/C24H28N4O5/c1-4-32-20-15-19(28-10-12-31-13-11-28)21(33-5-2)14-18(20)25-23(29)22-16-8-6-7-9-17(16)24(30)27(3)26-22/h6-9,14-15H,4-5,10-13H2,1-3H3,(H,25,29). The highest BCUT2D eigenvalue weighted by atomic mass is 16.5. The Morgan fingerprint density at radius 3 is 2.42 bits per heavy atom. The maximum absolute atomic E-state index is 13.3. The van der Waals surface area contributed by atoms with Crippen molar-refractivity contribution in [3.63, 3.8) is 0 Å². The first-order chi connectivity index (χ1) is 16.0. The molecule has 9 heteroatoms. The largest absolute Gasteiger partial charge is 0.492 e. The summed E-state index contributed by atoms with van der Waals surface area (Å²) in [5, 5.41) is 8.06. The minimum absolute atomic E-state index is 0.158. The fourth-order valence-electron chi connectivity index (χ4n) is 3.89. The number of amides is 1. The SMILES string of the molecule is CCOc1cc(N2CCOCC2)c(OCC)cc1NC(=O)c1nn(C)c(=O)c2ccccc12. The zero-order valence-corrected chi connectivity index (χ0v) is 19.1. The van der Waals surface area contributed by atoms with Crippen molar-refractivity contribution < 1.29 is 19.0 Å². The van der Waals surface area contributed by atoms with Crippen molar-refractivity contribution in [1.29, 1.82) is 0 Å². The third-order valence-electron chi connectivity index (χ3n) is 5.43. The maximum atomic E-state index is 13.3. The fourth-order valence-corrected chi connectivity index (χ4v) is 3.89. The summed E-state index contributed by atoms with van der Waals surface area (Å²) in [6.45, 7) is 7.47. The second kappa shape index (κ2) is 9.91. The molecule has 174 valence electrons. The predicted octanol–water partition coefficient (Wildman–Crippen LogP) is 2.82. The molecule has 2 aromatic carbocycles. The van der Waals surface area contributed by atoms with E-state index in [1.807, 2.05) is 19.9 Å². The van der Waals surface area contributed by atoms with Crippen LogP contribution in [0.25, 0.3) is 10.8 Å². The Hall–Kier alpha value is -3.59. The molecule has 0 unspecified atom stereocenters. The van der Waals surface area contributed by atoms with Gasteiger partial charge in [0.05, 0.1) is 43.2 Å². The maximum Gasteiger partial charge on any atom is 0.276 e. The topological polar surface area (TPSA) is 94.9 Å². The van der Waals surface area contributed by atoms with E-state index in [0.29, 0.717) is 54.4 Å². The van der Waals surface area contributed by atoms with E-state index in [9.17, 15) is 9.59 Å².